The normalized spacial score (nSPS) is 18.1. The van der Waals surface area contributed by atoms with Crippen LogP contribution >= 0.6 is 0 Å². The summed E-state index contributed by atoms with van der Waals surface area (Å²) in [5, 5.41) is 3.16. The fraction of sp³-hybridized carbons (Fsp3) is 0.538. The highest BCUT2D eigenvalue weighted by atomic mass is 14.8. The Morgan fingerprint density at radius 2 is 1.64 bits per heavy atom. The predicted octanol–water partition coefficient (Wildman–Crippen LogP) is 3.78. The molecule has 1 aliphatic carbocycles. The lowest BCUT2D eigenvalue weighted by molar-refractivity contribution is 0.443. The highest BCUT2D eigenvalue weighted by molar-refractivity contribution is 5.44. The van der Waals surface area contributed by atoms with Crippen LogP contribution in [0.15, 0.2) is 24.3 Å². The third-order valence-corrected chi connectivity index (χ3v) is 3.28. The van der Waals surface area contributed by atoms with Gasteiger partial charge in [0.25, 0.3) is 0 Å². The van der Waals surface area contributed by atoms with E-state index in [0.717, 1.165) is 5.92 Å². The van der Waals surface area contributed by atoms with Gasteiger partial charge in [0.05, 0.1) is 0 Å². The van der Waals surface area contributed by atoms with Crippen LogP contribution < -0.4 is 5.32 Å². The van der Waals surface area contributed by atoms with Gasteiger partial charge in [-0.15, -0.1) is 0 Å². The smallest absolute Gasteiger partial charge is 0.0337 e. The second-order valence-corrected chi connectivity index (χ2v) is 4.21. The first-order valence-corrected chi connectivity index (χ1v) is 5.68. The van der Waals surface area contributed by atoms with Crippen LogP contribution in [0.2, 0.25) is 0 Å². The summed E-state index contributed by atoms with van der Waals surface area (Å²) in [6.07, 6.45) is 7.04. The molecule has 1 N–H and O–H groups in total. The lowest BCUT2D eigenvalue weighted by Gasteiger charge is -2.22. The van der Waals surface area contributed by atoms with E-state index in [4.69, 9.17) is 0 Å². The van der Waals surface area contributed by atoms with Crippen LogP contribution in [0, 0.1) is 0 Å². The van der Waals surface area contributed by atoms with Crippen molar-refractivity contribution in [3.8, 4) is 0 Å². The van der Waals surface area contributed by atoms with Gasteiger partial charge >= 0.3 is 0 Å². The van der Waals surface area contributed by atoms with E-state index in [0.29, 0.717) is 0 Å². The zero-order valence-electron chi connectivity index (χ0n) is 8.92. The van der Waals surface area contributed by atoms with Crippen LogP contribution in [-0.4, -0.2) is 7.05 Å². The summed E-state index contributed by atoms with van der Waals surface area (Å²) >= 11 is 0. The summed E-state index contributed by atoms with van der Waals surface area (Å²) in [6, 6.07) is 8.93. The lowest BCUT2D eigenvalue weighted by atomic mass is 9.84. The summed E-state index contributed by atoms with van der Waals surface area (Å²) < 4.78 is 0. The number of benzene rings is 1. The van der Waals surface area contributed by atoms with E-state index in [9.17, 15) is 0 Å². The second kappa shape index (κ2) is 4.50. The summed E-state index contributed by atoms with van der Waals surface area (Å²) in [5.74, 6) is 0.828. The van der Waals surface area contributed by atoms with Crippen molar-refractivity contribution in [2.24, 2.45) is 0 Å². The van der Waals surface area contributed by atoms with Gasteiger partial charge in [-0.3, -0.25) is 0 Å². The molecule has 0 amide bonds. The standard InChI is InChI=1S/C13H19N/c1-14-13-9-7-12(8-10-13)11-5-3-2-4-6-11/h7-11,14H,2-6H2,1H3. The van der Waals surface area contributed by atoms with Crippen molar-refractivity contribution in [1.82, 2.24) is 0 Å². The molecular weight excluding hydrogens is 170 g/mol. The van der Waals surface area contributed by atoms with E-state index in [-0.39, 0.29) is 0 Å². The minimum Gasteiger partial charge on any atom is -0.388 e. The van der Waals surface area contributed by atoms with Gasteiger partial charge in [-0.1, -0.05) is 31.4 Å². The Kier molecular flexibility index (Phi) is 3.07. The van der Waals surface area contributed by atoms with Crippen LogP contribution in [-0.2, 0) is 0 Å². The maximum atomic E-state index is 3.16. The first kappa shape index (κ1) is 9.57. The Hall–Kier alpha value is -0.980. The van der Waals surface area contributed by atoms with Crippen LogP contribution in [0.1, 0.15) is 43.6 Å². The maximum absolute atomic E-state index is 3.16. The Balaban J connectivity index is 2.07. The van der Waals surface area contributed by atoms with Gasteiger partial charge in [0, 0.05) is 12.7 Å². The second-order valence-electron chi connectivity index (χ2n) is 4.21. The first-order chi connectivity index (χ1) is 6.90. The Morgan fingerprint density at radius 1 is 1.00 bits per heavy atom. The fourth-order valence-electron chi connectivity index (χ4n) is 2.36. The van der Waals surface area contributed by atoms with Crippen molar-refractivity contribution in [2.75, 3.05) is 12.4 Å². The lowest BCUT2D eigenvalue weighted by Crippen LogP contribution is -2.04. The molecule has 0 spiro atoms. The van der Waals surface area contributed by atoms with E-state index in [2.05, 4.69) is 29.6 Å². The average molecular weight is 189 g/mol. The van der Waals surface area contributed by atoms with Crippen LogP contribution in [0.5, 0.6) is 0 Å². The molecule has 1 fully saturated rings. The number of nitrogens with one attached hydrogen (secondary N) is 1. The molecule has 1 nitrogen and oxygen atoms in total. The molecule has 0 saturated heterocycles. The van der Waals surface area contributed by atoms with E-state index in [1.165, 1.54) is 43.4 Å². The van der Waals surface area contributed by atoms with Crippen molar-refractivity contribution in [1.29, 1.82) is 0 Å². The third-order valence-electron chi connectivity index (χ3n) is 3.28. The molecule has 14 heavy (non-hydrogen) atoms. The van der Waals surface area contributed by atoms with Crippen molar-refractivity contribution in [3.63, 3.8) is 0 Å². The quantitative estimate of drug-likeness (QED) is 0.746. The van der Waals surface area contributed by atoms with Gasteiger partial charge in [0.15, 0.2) is 0 Å². The predicted molar refractivity (Wildman–Crippen MR) is 61.8 cm³/mol. The van der Waals surface area contributed by atoms with Gasteiger partial charge in [-0.2, -0.15) is 0 Å². The molecular formula is C13H19N. The van der Waals surface area contributed by atoms with E-state index in [1.54, 1.807) is 0 Å². The molecule has 0 heterocycles. The third kappa shape index (κ3) is 2.09. The molecule has 1 aliphatic rings. The monoisotopic (exact) mass is 189 g/mol. The minimum atomic E-state index is 0.828. The van der Waals surface area contributed by atoms with Crippen molar-refractivity contribution in [2.45, 2.75) is 38.0 Å². The molecule has 2 rings (SSSR count). The summed E-state index contributed by atoms with van der Waals surface area (Å²) in [6.45, 7) is 0. The van der Waals surface area contributed by atoms with E-state index < -0.39 is 0 Å². The van der Waals surface area contributed by atoms with Gasteiger partial charge in [-0.25, -0.2) is 0 Å². The molecule has 0 atom stereocenters. The van der Waals surface area contributed by atoms with Crippen molar-refractivity contribution < 1.29 is 0 Å². The molecule has 1 heteroatoms. The van der Waals surface area contributed by atoms with Crippen LogP contribution in [0.25, 0.3) is 0 Å². The SMILES string of the molecule is CNc1ccc(C2CCCCC2)cc1. The number of hydrogen-bond donors (Lipinski definition) is 1. The number of anilines is 1. The fourth-order valence-corrected chi connectivity index (χ4v) is 2.36. The Labute approximate surface area is 86.5 Å². The highest BCUT2D eigenvalue weighted by Gasteiger charge is 2.14. The largest absolute Gasteiger partial charge is 0.388 e. The van der Waals surface area contributed by atoms with Crippen molar-refractivity contribution >= 4 is 5.69 Å². The van der Waals surface area contributed by atoms with Gasteiger partial charge in [0.2, 0.25) is 0 Å². The van der Waals surface area contributed by atoms with Crippen molar-refractivity contribution in [3.05, 3.63) is 29.8 Å². The zero-order valence-corrected chi connectivity index (χ0v) is 8.92. The average Bonchev–Trinajstić information content (AvgIpc) is 2.30. The van der Waals surface area contributed by atoms with Gasteiger partial charge in [-0.05, 0) is 36.5 Å². The molecule has 0 aliphatic heterocycles. The number of hydrogen-bond acceptors (Lipinski definition) is 1. The summed E-state index contributed by atoms with van der Waals surface area (Å²) in [7, 11) is 1.97. The topological polar surface area (TPSA) is 12.0 Å². The number of rotatable bonds is 2. The Bertz CT molecular complexity index is 270. The minimum absolute atomic E-state index is 0.828. The van der Waals surface area contributed by atoms with Crippen LogP contribution in [0.4, 0.5) is 5.69 Å². The first-order valence-electron chi connectivity index (χ1n) is 5.68. The molecule has 0 radical (unpaired) electrons. The van der Waals surface area contributed by atoms with Gasteiger partial charge in [0.1, 0.15) is 0 Å². The molecule has 76 valence electrons. The molecule has 1 saturated carbocycles. The maximum Gasteiger partial charge on any atom is 0.0337 e. The molecule has 0 unspecified atom stereocenters. The molecule has 0 aromatic heterocycles. The summed E-state index contributed by atoms with van der Waals surface area (Å²) in [5.41, 5.74) is 2.74. The molecule has 1 aromatic rings. The van der Waals surface area contributed by atoms with Gasteiger partial charge < -0.3 is 5.32 Å². The van der Waals surface area contributed by atoms with E-state index in [1.807, 2.05) is 7.05 Å². The van der Waals surface area contributed by atoms with Crippen LogP contribution in [0.3, 0.4) is 0 Å². The van der Waals surface area contributed by atoms with E-state index >= 15 is 0 Å². The zero-order chi connectivity index (χ0) is 9.80. The molecule has 1 aromatic carbocycles. The summed E-state index contributed by atoms with van der Waals surface area (Å²) in [4.78, 5) is 0. The molecule has 0 bridgehead atoms. The Morgan fingerprint density at radius 3 is 2.21 bits per heavy atom. The highest BCUT2D eigenvalue weighted by Crippen LogP contribution is 2.32.